The number of hydrogen-bond donors (Lipinski definition) is 1. The van der Waals surface area contributed by atoms with Gasteiger partial charge in [0.25, 0.3) is 0 Å². The molecule has 17 heavy (non-hydrogen) atoms. The second kappa shape index (κ2) is 5.13. The van der Waals surface area contributed by atoms with E-state index in [0.717, 1.165) is 16.9 Å². The van der Waals surface area contributed by atoms with E-state index < -0.39 is 0 Å². The first kappa shape index (κ1) is 11.2. The van der Waals surface area contributed by atoms with Gasteiger partial charge in [-0.2, -0.15) is 0 Å². The minimum absolute atomic E-state index is 0.0942. The summed E-state index contributed by atoms with van der Waals surface area (Å²) in [6.07, 6.45) is 10.5. The summed E-state index contributed by atoms with van der Waals surface area (Å²) in [6, 6.07) is 7.84. The van der Waals surface area contributed by atoms with E-state index in [9.17, 15) is 0 Å². The van der Waals surface area contributed by atoms with Gasteiger partial charge in [-0.05, 0) is 25.1 Å². The normalized spacial score (nSPS) is 11.5. The van der Waals surface area contributed by atoms with Crippen LogP contribution in [0, 0.1) is 12.3 Å². The molecule has 0 aliphatic heterocycles. The van der Waals surface area contributed by atoms with Crippen molar-refractivity contribution in [2.24, 2.45) is 0 Å². The molecule has 1 atom stereocenters. The molecule has 0 amide bonds. The van der Waals surface area contributed by atoms with Crippen LogP contribution in [0.4, 0.5) is 5.69 Å². The molecule has 3 heteroatoms. The number of hydrogen-bond acceptors (Lipinski definition) is 3. The van der Waals surface area contributed by atoms with Crippen molar-refractivity contribution >= 4 is 5.69 Å². The summed E-state index contributed by atoms with van der Waals surface area (Å²) in [5.74, 6) is 2.61. The second-order valence-electron chi connectivity index (χ2n) is 3.72. The van der Waals surface area contributed by atoms with Crippen molar-refractivity contribution in [3.05, 3.63) is 54.1 Å². The zero-order valence-electron chi connectivity index (χ0n) is 9.59. The van der Waals surface area contributed by atoms with Crippen LogP contribution in [-0.4, -0.2) is 9.97 Å². The van der Waals surface area contributed by atoms with Gasteiger partial charge in [0, 0.05) is 23.6 Å². The fourth-order valence-electron chi connectivity index (χ4n) is 1.56. The molecule has 1 aromatic carbocycles. The number of rotatable bonds is 3. The molecule has 0 fully saturated rings. The molecule has 3 nitrogen and oxygen atoms in total. The minimum Gasteiger partial charge on any atom is -0.377 e. The predicted molar refractivity (Wildman–Crippen MR) is 68.4 cm³/mol. The zero-order chi connectivity index (χ0) is 12.1. The average molecular weight is 223 g/mol. The summed E-state index contributed by atoms with van der Waals surface area (Å²) in [4.78, 5) is 8.30. The number of aromatic nitrogens is 2. The molecule has 1 aromatic heterocycles. The van der Waals surface area contributed by atoms with Crippen molar-refractivity contribution in [2.75, 3.05) is 5.32 Å². The molecule has 2 aromatic rings. The number of anilines is 1. The Labute approximate surface area is 101 Å². The van der Waals surface area contributed by atoms with Gasteiger partial charge >= 0.3 is 0 Å². The highest BCUT2D eigenvalue weighted by atomic mass is 14.9. The highest BCUT2D eigenvalue weighted by Crippen LogP contribution is 2.17. The van der Waals surface area contributed by atoms with Crippen LogP contribution in [0.1, 0.15) is 24.2 Å². The quantitative estimate of drug-likeness (QED) is 0.813. The monoisotopic (exact) mass is 223 g/mol. The van der Waals surface area contributed by atoms with Crippen molar-refractivity contribution in [1.29, 1.82) is 0 Å². The van der Waals surface area contributed by atoms with Gasteiger partial charge in [0.05, 0.1) is 17.9 Å². The van der Waals surface area contributed by atoms with Crippen molar-refractivity contribution < 1.29 is 0 Å². The highest BCUT2D eigenvalue weighted by Gasteiger charge is 2.06. The van der Waals surface area contributed by atoms with Crippen LogP contribution in [0.3, 0.4) is 0 Å². The zero-order valence-corrected chi connectivity index (χ0v) is 9.59. The third-order valence-electron chi connectivity index (χ3n) is 2.44. The van der Waals surface area contributed by atoms with Gasteiger partial charge < -0.3 is 5.32 Å². The van der Waals surface area contributed by atoms with Gasteiger partial charge in [0.1, 0.15) is 0 Å². The Morgan fingerprint density at radius 2 is 2.24 bits per heavy atom. The SMILES string of the molecule is C#Cc1cccc(NC(C)c2cnccn2)c1. The Morgan fingerprint density at radius 3 is 2.94 bits per heavy atom. The maximum Gasteiger partial charge on any atom is 0.0806 e. The van der Waals surface area contributed by atoms with Crippen LogP contribution in [0.2, 0.25) is 0 Å². The maximum atomic E-state index is 5.36. The lowest BCUT2D eigenvalue weighted by atomic mass is 10.2. The molecule has 0 saturated carbocycles. The summed E-state index contributed by atoms with van der Waals surface area (Å²) in [7, 11) is 0. The minimum atomic E-state index is 0.0942. The van der Waals surface area contributed by atoms with Crippen LogP contribution >= 0.6 is 0 Å². The first-order valence-electron chi connectivity index (χ1n) is 5.38. The van der Waals surface area contributed by atoms with Crippen molar-refractivity contribution in [3.8, 4) is 12.3 Å². The van der Waals surface area contributed by atoms with Crippen LogP contribution < -0.4 is 5.32 Å². The lowest BCUT2D eigenvalue weighted by Gasteiger charge is -2.14. The van der Waals surface area contributed by atoms with E-state index in [-0.39, 0.29) is 6.04 Å². The summed E-state index contributed by atoms with van der Waals surface area (Å²) in [5.41, 5.74) is 2.75. The second-order valence-corrected chi connectivity index (χ2v) is 3.72. The standard InChI is InChI=1S/C14H13N3/c1-3-12-5-4-6-13(9-12)17-11(2)14-10-15-7-8-16-14/h1,4-11,17H,2H3. The topological polar surface area (TPSA) is 37.8 Å². The summed E-state index contributed by atoms with van der Waals surface area (Å²) in [5, 5.41) is 3.33. The smallest absolute Gasteiger partial charge is 0.0806 e. The molecule has 0 aliphatic rings. The van der Waals surface area contributed by atoms with Gasteiger partial charge in [-0.25, -0.2) is 0 Å². The fourth-order valence-corrected chi connectivity index (χ4v) is 1.56. The highest BCUT2D eigenvalue weighted by molar-refractivity contribution is 5.50. The molecule has 0 radical (unpaired) electrons. The van der Waals surface area contributed by atoms with Gasteiger partial charge in [0.15, 0.2) is 0 Å². The first-order valence-corrected chi connectivity index (χ1v) is 5.38. The van der Waals surface area contributed by atoms with Gasteiger partial charge in [-0.3, -0.25) is 9.97 Å². The molecular weight excluding hydrogens is 210 g/mol. The Bertz CT molecular complexity index is 529. The summed E-state index contributed by atoms with van der Waals surface area (Å²) < 4.78 is 0. The third-order valence-corrected chi connectivity index (χ3v) is 2.44. The molecule has 0 aliphatic carbocycles. The number of nitrogens with one attached hydrogen (secondary N) is 1. The van der Waals surface area contributed by atoms with Crippen molar-refractivity contribution in [2.45, 2.75) is 13.0 Å². The summed E-state index contributed by atoms with van der Waals surface area (Å²) in [6.45, 7) is 2.03. The largest absolute Gasteiger partial charge is 0.377 e. The van der Waals surface area contributed by atoms with Crippen molar-refractivity contribution in [1.82, 2.24) is 9.97 Å². The van der Waals surface area contributed by atoms with Gasteiger partial charge in [0.2, 0.25) is 0 Å². The Morgan fingerprint density at radius 1 is 1.35 bits per heavy atom. The van der Waals surface area contributed by atoms with E-state index in [0.29, 0.717) is 0 Å². The van der Waals surface area contributed by atoms with Crippen LogP contribution in [0.15, 0.2) is 42.9 Å². The summed E-state index contributed by atoms with van der Waals surface area (Å²) >= 11 is 0. The lowest BCUT2D eigenvalue weighted by Crippen LogP contribution is -2.08. The molecular formula is C14H13N3. The molecule has 1 heterocycles. The molecule has 0 spiro atoms. The van der Waals surface area contributed by atoms with E-state index >= 15 is 0 Å². The molecule has 0 saturated heterocycles. The number of terminal acetylenes is 1. The van der Waals surface area contributed by atoms with E-state index in [4.69, 9.17) is 6.42 Å². The average Bonchev–Trinajstić information content (AvgIpc) is 2.40. The Balaban J connectivity index is 2.13. The van der Waals surface area contributed by atoms with E-state index in [1.54, 1.807) is 18.6 Å². The molecule has 0 bridgehead atoms. The van der Waals surface area contributed by atoms with Gasteiger partial charge in [-0.1, -0.05) is 12.0 Å². The molecule has 1 N–H and O–H groups in total. The number of benzene rings is 1. The Kier molecular flexibility index (Phi) is 3.37. The van der Waals surface area contributed by atoms with Crippen LogP contribution in [0.5, 0.6) is 0 Å². The van der Waals surface area contributed by atoms with Gasteiger partial charge in [-0.15, -0.1) is 6.42 Å². The number of nitrogens with zero attached hydrogens (tertiary/aromatic N) is 2. The molecule has 84 valence electrons. The van der Waals surface area contributed by atoms with Crippen LogP contribution in [-0.2, 0) is 0 Å². The maximum absolute atomic E-state index is 5.36. The van der Waals surface area contributed by atoms with E-state index in [2.05, 4.69) is 21.2 Å². The Hall–Kier alpha value is -2.34. The first-order chi connectivity index (χ1) is 8.29. The van der Waals surface area contributed by atoms with Crippen molar-refractivity contribution in [3.63, 3.8) is 0 Å². The van der Waals surface area contributed by atoms with Crippen LogP contribution in [0.25, 0.3) is 0 Å². The van der Waals surface area contributed by atoms with E-state index in [1.165, 1.54) is 0 Å². The molecule has 2 rings (SSSR count). The third kappa shape index (κ3) is 2.82. The molecule has 1 unspecified atom stereocenters. The predicted octanol–water partition coefficient (Wildman–Crippen LogP) is 2.63. The lowest BCUT2D eigenvalue weighted by molar-refractivity contribution is 0.827. The van der Waals surface area contributed by atoms with E-state index in [1.807, 2.05) is 31.2 Å². The fraction of sp³-hybridized carbons (Fsp3) is 0.143.